The third-order valence-electron chi connectivity index (χ3n) is 2.33. The molecule has 0 N–H and O–H groups in total. The molecule has 0 saturated carbocycles. The lowest BCUT2D eigenvalue weighted by molar-refractivity contribution is 0.427. The van der Waals surface area contributed by atoms with Crippen molar-refractivity contribution in [3.8, 4) is 0 Å². The number of hydrogen-bond donors (Lipinski definition) is 0. The minimum Gasteiger partial charge on any atom is -0.591 e. The van der Waals surface area contributed by atoms with Gasteiger partial charge in [-0.2, -0.15) is 0 Å². The standard InChI is InChI=1S/C13H17F2NOS/c1-9-6-5-7-10(12(9)15)11(14)8-16-18(17)13(2,3)4/h5-8,11H,1-4H3. The molecule has 5 heteroatoms. The lowest BCUT2D eigenvalue weighted by Crippen LogP contribution is -2.26. The van der Waals surface area contributed by atoms with Crippen LogP contribution >= 0.6 is 0 Å². The summed E-state index contributed by atoms with van der Waals surface area (Å²) in [6.07, 6.45) is -0.782. The van der Waals surface area contributed by atoms with Crippen molar-refractivity contribution in [3.63, 3.8) is 0 Å². The van der Waals surface area contributed by atoms with E-state index in [9.17, 15) is 13.3 Å². The quantitative estimate of drug-likeness (QED) is 0.611. The average molecular weight is 273 g/mol. The van der Waals surface area contributed by atoms with E-state index in [1.54, 1.807) is 39.8 Å². The second kappa shape index (κ2) is 5.80. The number of rotatable bonds is 3. The van der Waals surface area contributed by atoms with E-state index in [0.29, 0.717) is 5.56 Å². The van der Waals surface area contributed by atoms with Crippen LogP contribution in [0.25, 0.3) is 0 Å². The zero-order valence-electron chi connectivity index (χ0n) is 10.9. The fraction of sp³-hybridized carbons (Fsp3) is 0.462. The molecule has 2 unspecified atom stereocenters. The van der Waals surface area contributed by atoms with Gasteiger partial charge in [0.1, 0.15) is 21.9 Å². The Hall–Kier alpha value is -0.940. The predicted molar refractivity (Wildman–Crippen MR) is 71.4 cm³/mol. The monoisotopic (exact) mass is 273 g/mol. The van der Waals surface area contributed by atoms with Gasteiger partial charge in [-0.15, -0.1) is 0 Å². The molecule has 100 valence electrons. The van der Waals surface area contributed by atoms with Crippen LogP contribution in [-0.4, -0.2) is 15.5 Å². The first-order chi connectivity index (χ1) is 8.23. The Kier molecular flexibility index (Phi) is 4.87. The van der Waals surface area contributed by atoms with Gasteiger partial charge < -0.3 is 4.55 Å². The maximum atomic E-state index is 13.8. The molecule has 18 heavy (non-hydrogen) atoms. The van der Waals surface area contributed by atoms with Crippen molar-refractivity contribution >= 4 is 17.6 Å². The van der Waals surface area contributed by atoms with E-state index in [1.807, 2.05) is 0 Å². The van der Waals surface area contributed by atoms with E-state index >= 15 is 0 Å². The number of aryl methyl sites for hydroxylation is 1. The van der Waals surface area contributed by atoms with E-state index in [4.69, 9.17) is 0 Å². The highest BCUT2D eigenvalue weighted by molar-refractivity contribution is 7.91. The molecule has 2 nitrogen and oxygen atoms in total. The van der Waals surface area contributed by atoms with Crippen LogP contribution in [0.4, 0.5) is 8.78 Å². The third kappa shape index (κ3) is 3.78. The Balaban J connectivity index is 2.86. The van der Waals surface area contributed by atoms with Crippen molar-refractivity contribution in [2.24, 2.45) is 4.40 Å². The molecular formula is C13H17F2NOS. The van der Waals surface area contributed by atoms with Crippen molar-refractivity contribution in [2.45, 2.75) is 38.6 Å². The lowest BCUT2D eigenvalue weighted by Gasteiger charge is -2.18. The summed E-state index contributed by atoms with van der Waals surface area (Å²) in [6, 6.07) is 4.50. The highest BCUT2D eigenvalue weighted by atomic mass is 32.2. The molecule has 0 spiro atoms. The smallest absolute Gasteiger partial charge is 0.167 e. The van der Waals surface area contributed by atoms with Crippen molar-refractivity contribution < 1.29 is 13.3 Å². The van der Waals surface area contributed by atoms with Gasteiger partial charge in [0.15, 0.2) is 6.17 Å². The van der Waals surface area contributed by atoms with E-state index < -0.39 is 28.1 Å². The molecule has 0 amide bonds. The molecule has 0 radical (unpaired) electrons. The lowest BCUT2D eigenvalue weighted by atomic mass is 10.1. The number of halogens is 2. The van der Waals surface area contributed by atoms with Gasteiger partial charge in [-0.05, 0) is 33.3 Å². The van der Waals surface area contributed by atoms with Crippen LogP contribution in [0.15, 0.2) is 22.6 Å². The van der Waals surface area contributed by atoms with Crippen LogP contribution < -0.4 is 0 Å². The molecule has 0 bridgehead atoms. The topological polar surface area (TPSA) is 35.4 Å². The van der Waals surface area contributed by atoms with Gasteiger partial charge in [0, 0.05) is 5.56 Å². The predicted octanol–water partition coefficient (Wildman–Crippen LogP) is 3.68. The molecule has 0 aromatic heterocycles. The second-order valence-electron chi connectivity index (χ2n) is 5.00. The van der Waals surface area contributed by atoms with E-state index in [2.05, 4.69) is 4.40 Å². The van der Waals surface area contributed by atoms with Crippen LogP contribution in [-0.2, 0) is 11.4 Å². The summed E-state index contributed by atoms with van der Waals surface area (Å²) in [5.74, 6) is -0.585. The minimum absolute atomic E-state index is 0.0790. The molecule has 1 rings (SSSR count). The van der Waals surface area contributed by atoms with Crippen LogP contribution in [0.1, 0.15) is 38.1 Å². The summed E-state index contributed by atoms with van der Waals surface area (Å²) in [6.45, 7) is 6.78. The maximum absolute atomic E-state index is 13.8. The number of nitrogens with zero attached hydrogens (tertiary/aromatic N) is 1. The van der Waals surface area contributed by atoms with Gasteiger partial charge in [-0.25, -0.2) is 8.78 Å². The minimum atomic E-state index is -1.68. The molecule has 0 saturated heterocycles. The Morgan fingerprint density at radius 2 is 2.00 bits per heavy atom. The molecule has 2 atom stereocenters. The Morgan fingerprint density at radius 1 is 1.39 bits per heavy atom. The van der Waals surface area contributed by atoms with Crippen molar-refractivity contribution in [1.82, 2.24) is 0 Å². The molecule has 1 aromatic carbocycles. The van der Waals surface area contributed by atoms with Crippen molar-refractivity contribution in [2.75, 3.05) is 0 Å². The first-order valence-corrected chi connectivity index (χ1v) is 6.69. The van der Waals surface area contributed by atoms with Crippen LogP contribution in [0.3, 0.4) is 0 Å². The maximum Gasteiger partial charge on any atom is 0.167 e. The molecule has 0 aliphatic carbocycles. The zero-order chi connectivity index (χ0) is 13.9. The van der Waals surface area contributed by atoms with Gasteiger partial charge in [-0.3, -0.25) is 0 Å². The number of benzene rings is 1. The Labute approximate surface area is 109 Å². The van der Waals surface area contributed by atoms with E-state index in [-0.39, 0.29) is 5.56 Å². The normalized spacial score (nSPS) is 15.9. The highest BCUT2D eigenvalue weighted by Gasteiger charge is 2.26. The molecule has 0 heterocycles. The SMILES string of the molecule is Cc1cccc(C(F)C=N[S+]([O-])C(C)(C)C)c1F. The second-order valence-corrected chi connectivity index (χ2v) is 6.93. The third-order valence-corrected chi connectivity index (χ3v) is 3.69. The van der Waals surface area contributed by atoms with Crippen molar-refractivity contribution in [3.05, 3.63) is 35.1 Å². The van der Waals surface area contributed by atoms with Crippen LogP contribution in [0, 0.1) is 12.7 Å². The molecule has 1 aromatic rings. The fourth-order valence-corrected chi connectivity index (χ4v) is 1.76. The Morgan fingerprint density at radius 3 is 2.56 bits per heavy atom. The van der Waals surface area contributed by atoms with E-state index in [0.717, 1.165) is 6.21 Å². The van der Waals surface area contributed by atoms with E-state index in [1.165, 1.54) is 6.07 Å². The summed E-state index contributed by atoms with van der Waals surface area (Å²) in [7, 11) is 0. The average Bonchev–Trinajstić information content (AvgIpc) is 2.27. The fourth-order valence-electron chi connectivity index (χ4n) is 1.23. The zero-order valence-corrected chi connectivity index (χ0v) is 11.7. The van der Waals surface area contributed by atoms with Gasteiger partial charge in [0.25, 0.3) is 0 Å². The summed E-state index contributed by atoms with van der Waals surface area (Å²) in [5, 5.41) is 0. The van der Waals surface area contributed by atoms with Gasteiger partial charge in [0.05, 0.1) is 6.21 Å². The molecule has 0 fully saturated rings. The highest BCUT2D eigenvalue weighted by Crippen LogP contribution is 2.23. The number of hydrogen-bond acceptors (Lipinski definition) is 2. The van der Waals surface area contributed by atoms with Crippen LogP contribution in [0.5, 0.6) is 0 Å². The summed E-state index contributed by atoms with van der Waals surface area (Å²) < 4.78 is 42.1. The van der Waals surface area contributed by atoms with Gasteiger partial charge in [0.2, 0.25) is 0 Å². The van der Waals surface area contributed by atoms with Gasteiger partial charge >= 0.3 is 0 Å². The summed E-state index contributed by atoms with van der Waals surface area (Å²) in [4.78, 5) is 0. The molecule has 0 aliphatic rings. The van der Waals surface area contributed by atoms with Crippen molar-refractivity contribution in [1.29, 1.82) is 0 Å². The first kappa shape index (κ1) is 15.1. The summed E-state index contributed by atoms with van der Waals surface area (Å²) in [5.41, 5.74) is 0.296. The molecular weight excluding hydrogens is 256 g/mol. The summed E-state index contributed by atoms with van der Waals surface area (Å²) >= 11 is -1.54. The van der Waals surface area contributed by atoms with Gasteiger partial charge in [-0.1, -0.05) is 22.6 Å². The van der Waals surface area contributed by atoms with Crippen LogP contribution in [0.2, 0.25) is 0 Å². The largest absolute Gasteiger partial charge is 0.591 e. The molecule has 0 aliphatic heterocycles. The number of alkyl halides is 1. The first-order valence-electron chi connectivity index (χ1n) is 5.58. The Bertz CT molecular complexity index is 443.